The molecule has 1 aliphatic rings. The third-order valence-corrected chi connectivity index (χ3v) is 5.30. The van der Waals surface area contributed by atoms with Gasteiger partial charge in [-0.25, -0.2) is 0 Å². The highest BCUT2D eigenvalue weighted by atomic mass is 16.3. The smallest absolute Gasteiger partial charge is 0.253 e. The molecule has 1 heterocycles. The topological polar surface area (TPSA) is 47.0 Å². The molecule has 0 aliphatic carbocycles. The monoisotopic (exact) mass is 367 g/mol. The van der Waals surface area contributed by atoms with Crippen LogP contribution in [0, 0.1) is 0 Å². The van der Waals surface area contributed by atoms with Crippen LogP contribution in [0.4, 0.5) is 5.69 Å². The lowest BCUT2D eigenvalue weighted by atomic mass is 10.1. The van der Waals surface area contributed by atoms with Gasteiger partial charge in [0.15, 0.2) is 0 Å². The quantitative estimate of drug-likeness (QED) is 0.853. The van der Waals surface area contributed by atoms with Crippen LogP contribution in [-0.4, -0.2) is 67.1 Å². The van der Waals surface area contributed by atoms with Gasteiger partial charge in [-0.2, -0.15) is 0 Å². The van der Waals surface area contributed by atoms with Crippen LogP contribution in [0.15, 0.2) is 54.6 Å². The Morgan fingerprint density at radius 1 is 1.04 bits per heavy atom. The number of aliphatic hydroxyl groups excluding tert-OH is 1. The van der Waals surface area contributed by atoms with Crippen LogP contribution < -0.4 is 4.90 Å². The zero-order valence-corrected chi connectivity index (χ0v) is 16.2. The summed E-state index contributed by atoms with van der Waals surface area (Å²) < 4.78 is 0. The molecule has 1 saturated heterocycles. The summed E-state index contributed by atoms with van der Waals surface area (Å²) in [7, 11) is 2.04. The van der Waals surface area contributed by atoms with Crippen molar-refractivity contribution in [3.63, 3.8) is 0 Å². The number of benzene rings is 2. The lowest BCUT2D eigenvalue weighted by molar-refractivity contribution is 0.0527. The summed E-state index contributed by atoms with van der Waals surface area (Å²) in [6, 6.07) is 17.6. The minimum atomic E-state index is -0.489. The molecule has 0 aromatic heterocycles. The molecule has 5 nitrogen and oxygen atoms in total. The van der Waals surface area contributed by atoms with Crippen molar-refractivity contribution in [2.75, 3.05) is 51.2 Å². The SMILES string of the molecule is CCN(C)c1ccc(C(=O)N2CCN(CC(O)c3ccccc3)CC2)cc1. The van der Waals surface area contributed by atoms with E-state index in [1.807, 2.05) is 66.5 Å². The highest BCUT2D eigenvalue weighted by Gasteiger charge is 2.23. The number of aliphatic hydroxyl groups is 1. The van der Waals surface area contributed by atoms with E-state index in [-0.39, 0.29) is 5.91 Å². The van der Waals surface area contributed by atoms with E-state index in [2.05, 4.69) is 16.7 Å². The fraction of sp³-hybridized carbons (Fsp3) is 0.409. The Hall–Kier alpha value is -2.37. The van der Waals surface area contributed by atoms with Crippen molar-refractivity contribution in [1.29, 1.82) is 0 Å². The molecule has 3 rings (SSSR count). The van der Waals surface area contributed by atoms with Crippen LogP contribution in [0.2, 0.25) is 0 Å². The van der Waals surface area contributed by atoms with E-state index in [0.29, 0.717) is 19.6 Å². The molecule has 2 aromatic rings. The molecule has 0 spiro atoms. The normalized spacial score (nSPS) is 16.2. The molecular formula is C22H29N3O2. The number of hydrogen-bond donors (Lipinski definition) is 1. The van der Waals surface area contributed by atoms with Gasteiger partial charge in [-0.3, -0.25) is 9.69 Å². The molecule has 1 aliphatic heterocycles. The maximum absolute atomic E-state index is 12.7. The fourth-order valence-electron chi connectivity index (χ4n) is 3.38. The van der Waals surface area contributed by atoms with E-state index in [4.69, 9.17) is 0 Å². The first-order valence-corrected chi connectivity index (χ1v) is 9.64. The first kappa shape index (κ1) is 19.4. The highest BCUT2D eigenvalue weighted by molar-refractivity contribution is 5.94. The Kier molecular flexibility index (Phi) is 6.48. The Morgan fingerprint density at radius 2 is 1.67 bits per heavy atom. The molecule has 0 radical (unpaired) electrons. The average molecular weight is 367 g/mol. The van der Waals surface area contributed by atoms with Crippen LogP contribution in [0.25, 0.3) is 0 Å². The third-order valence-electron chi connectivity index (χ3n) is 5.30. The van der Waals surface area contributed by atoms with Gasteiger partial charge in [0.05, 0.1) is 6.10 Å². The lowest BCUT2D eigenvalue weighted by Gasteiger charge is -2.35. The predicted octanol–water partition coefficient (Wildman–Crippen LogP) is 2.63. The third kappa shape index (κ3) is 4.87. The van der Waals surface area contributed by atoms with E-state index in [1.54, 1.807) is 0 Å². The zero-order valence-electron chi connectivity index (χ0n) is 16.2. The number of hydrogen-bond acceptors (Lipinski definition) is 4. The number of piperazine rings is 1. The first-order chi connectivity index (χ1) is 13.1. The predicted molar refractivity (Wildman–Crippen MR) is 109 cm³/mol. The van der Waals surface area contributed by atoms with E-state index >= 15 is 0 Å². The molecule has 1 fully saturated rings. The maximum Gasteiger partial charge on any atom is 0.253 e. The molecule has 1 N–H and O–H groups in total. The van der Waals surface area contributed by atoms with Crippen molar-refractivity contribution in [1.82, 2.24) is 9.80 Å². The average Bonchev–Trinajstić information content (AvgIpc) is 2.74. The number of nitrogens with zero attached hydrogens (tertiary/aromatic N) is 3. The second-order valence-electron chi connectivity index (χ2n) is 7.08. The summed E-state index contributed by atoms with van der Waals surface area (Å²) in [5.74, 6) is 0.0870. The largest absolute Gasteiger partial charge is 0.387 e. The number of rotatable bonds is 6. The second-order valence-corrected chi connectivity index (χ2v) is 7.08. The van der Waals surface area contributed by atoms with Crippen LogP contribution in [0.3, 0.4) is 0 Å². The summed E-state index contributed by atoms with van der Waals surface area (Å²) in [5.41, 5.74) is 2.79. The van der Waals surface area contributed by atoms with Gasteiger partial charge in [0.1, 0.15) is 0 Å². The van der Waals surface area contributed by atoms with Crippen molar-refractivity contribution in [2.45, 2.75) is 13.0 Å². The summed E-state index contributed by atoms with van der Waals surface area (Å²) in [6.07, 6.45) is -0.489. The Labute approximate surface area is 161 Å². The minimum absolute atomic E-state index is 0.0870. The van der Waals surface area contributed by atoms with Crippen molar-refractivity contribution in [3.8, 4) is 0 Å². The standard InChI is InChI=1S/C22H29N3O2/c1-3-23(2)20-11-9-19(10-12-20)22(27)25-15-13-24(14-16-25)17-21(26)18-7-5-4-6-8-18/h4-12,21,26H,3,13-17H2,1-2H3. The van der Waals surface area contributed by atoms with E-state index in [9.17, 15) is 9.90 Å². The molecule has 5 heteroatoms. The molecule has 27 heavy (non-hydrogen) atoms. The highest BCUT2D eigenvalue weighted by Crippen LogP contribution is 2.17. The van der Waals surface area contributed by atoms with Crippen LogP contribution >= 0.6 is 0 Å². The first-order valence-electron chi connectivity index (χ1n) is 9.64. The van der Waals surface area contributed by atoms with Gasteiger partial charge in [-0.15, -0.1) is 0 Å². The van der Waals surface area contributed by atoms with Gasteiger partial charge in [0.2, 0.25) is 0 Å². The van der Waals surface area contributed by atoms with E-state index in [0.717, 1.165) is 36.4 Å². The van der Waals surface area contributed by atoms with E-state index < -0.39 is 6.10 Å². The number of anilines is 1. The number of β-amino-alcohol motifs (C(OH)–C–C–N with tert-alkyl or cyclic N) is 1. The van der Waals surface area contributed by atoms with Crippen molar-refractivity contribution < 1.29 is 9.90 Å². The summed E-state index contributed by atoms with van der Waals surface area (Å²) in [5, 5.41) is 10.4. The Balaban J connectivity index is 1.52. The Bertz CT molecular complexity index is 725. The molecule has 1 atom stereocenters. The molecule has 0 saturated carbocycles. The van der Waals surface area contributed by atoms with Crippen molar-refractivity contribution in [2.24, 2.45) is 0 Å². The minimum Gasteiger partial charge on any atom is -0.387 e. The number of amides is 1. The van der Waals surface area contributed by atoms with E-state index in [1.165, 1.54) is 0 Å². The lowest BCUT2D eigenvalue weighted by Crippen LogP contribution is -2.49. The second kappa shape index (κ2) is 9.02. The van der Waals surface area contributed by atoms with Crippen molar-refractivity contribution >= 4 is 11.6 Å². The van der Waals surface area contributed by atoms with Gasteiger partial charge in [0, 0.05) is 57.6 Å². The number of carbonyl (C=O) groups excluding carboxylic acids is 1. The summed E-state index contributed by atoms with van der Waals surface area (Å²) in [4.78, 5) is 19.0. The Morgan fingerprint density at radius 3 is 2.26 bits per heavy atom. The van der Waals surface area contributed by atoms with Crippen LogP contribution in [0.1, 0.15) is 28.9 Å². The zero-order chi connectivity index (χ0) is 19.2. The van der Waals surface area contributed by atoms with Gasteiger partial charge >= 0.3 is 0 Å². The summed E-state index contributed by atoms with van der Waals surface area (Å²) in [6.45, 7) is 6.59. The molecule has 0 bridgehead atoms. The van der Waals surface area contributed by atoms with Gasteiger partial charge in [-0.05, 0) is 36.8 Å². The fourth-order valence-corrected chi connectivity index (χ4v) is 3.38. The maximum atomic E-state index is 12.7. The van der Waals surface area contributed by atoms with Gasteiger partial charge < -0.3 is 14.9 Å². The summed E-state index contributed by atoms with van der Waals surface area (Å²) >= 11 is 0. The van der Waals surface area contributed by atoms with Gasteiger partial charge in [0.25, 0.3) is 5.91 Å². The van der Waals surface area contributed by atoms with Crippen LogP contribution in [-0.2, 0) is 0 Å². The molecule has 1 amide bonds. The van der Waals surface area contributed by atoms with Crippen LogP contribution in [0.5, 0.6) is 0 Å². The molecular weight excluding hydrogens is 338 g/mol. The van der Waals surface area contributed by atoms with Crippen molar-refractivity contribution in [3.05, 3.63) is 65.7 Å². The molecule has 144 valence electrons. The molecule has 2 aromatic carbocycles. The molecule has 1 unspecified atom stereocenters. The number of carbonyl (C=O) groups is 1. The van der Waals surface area contributed by atoms with Gasteiger partial charge in [-0.1, -0.05) is 30.3 Å².